The van der Waals surface area contributed by atoms with Gasteiger partial charge in [0.1, 0.15) is 18.3 Å². The third-order valence-electron chi connectivity index (χ3n) is 2.40. The van der Waals surface area contributed by atoms with E-state index in [1.54, 1.807) is 19.9 Å². The SMILES string of the molecule is CC1(C)O[C@@H]2[C@H](O1)C(CO)=C[C@@H]2O.[Y]. The summed E-state index contributed by atoms with van der Waals surface area (Å²) in [5.74, 6) is -0.662. The summed E-state index contributed by atoms with van der Waals surface area (Å²) in [5.41, 5.74) is 0.711. The number of hydrogen-bond donors (Lipinski definition) is 2. The van der Waals surface area contributed by atoms with Crippen molar-refractivity contribution in [2.45, 2.75) is 37.9 Å². The Morgan fingerprint density at radius 3 is 2.64 bits per heavy atom. The molecule has 2 rings (SSSR count). The fourth-order valence-corrected chi connectivity index (χ4v) is 1.88. The van der Waals surface area contributed by atoms with E-state index in [1.807, 2.05) is 0 Å². The fraction of sp³-hybridized carbons (Fsp3) is 0.778. The zero-order chi connectivity index (χ0) is 9.64. The Kier molecular flexibility index (Phi) is 3.90. The molecule has 0 saturated carbocycles. The van der Waals surface area contributed by atoms with Crippen LogP contribution < -0.4 is 0 Å². The van der Waals surface area contributed by atoms with Gasteiger partial charge in [0, 0.05) is 32.7 Å². The van der Waals surface area contributed by atoms with Crippen molar-refractivity contribution < 1.29 is 52.4 Å². The second-order valence-electron chi connectivity index (χ2n) is 3.91. The van der Waals surface area contributed by atoms with E-state index in [9.17, 15) is 5.11 Å². The average molecular weight is 275 g/mol. The van der Waals surface area contributed by atoms with Gasteiger partial charge in [-0.2, -0.15) is 0 Å². The van der Waals surface area contributed by atoms with Crippen LogP contribution in [0.3, 0.4) is 0 Å². The smallest absolute Gasteiger partial charge is 0.164 e. The molecule has 2 aliphatic rings. The van der Waals surface area contributed by atoms with Gasteiger partial charge in [0.25, 0.3) is 0 Å². The Morgan fingerprint density at radius 1 is 1.43 bits per heavy atom. The summed E-state index contributed by atoms with van der Waals surface area (Å²) in [6.07, 6.45) is 0.311. The van der Waals surface area contributed by atoms with Crippen LogP contribution in [0.25, 0.3) is 0 Å². The van der Waals surface area contributed by atoms with Crippen molar-refractivity contribution in [3.63, 3.8) is 0 Å². The van der Waals surface area contributed by atoms with E-state index in [0.717, 1.165) is 0 Å². The number of hydrogen-bond acceptors (Lipinski definition) is 4. The predicted molar refractivity (Wildman–Crippen MR) is 45.0 cm³/mol. The predicted octanol–water partition coefficient (Wildman–Crippen LogP) is -0.203. The van der Waals surface area contributed by atoms with E-state index < -0.39 is 11.9 Å². The van der Waals surface area contributed by atoms with Crippen LogP contribution in [0.2, 0.25) is 0 Å². The summed E-state index contributed by atoms with van der Waals surface area (Å²) >= 11 is 0. The molecule has 0 bridgehead atoms. The third kappa shape index (κ3) is 2.10. The van der Waals surface area contributed by atoms with E-state index in [1.165, 1.54) is 0 Å². The molecule has 1 saturated heterocycles. The molecule has 2 N–H and O–H groups in total. The van der Waals surface area contributed by atoms with E-state index in [0.29, 0.717) is 5.57 Å². The van der Waals surface area contributed by atoms with Gasteiger partial charge >= 0.3 is 0 Å². The minimum Gasteiger partial charge on any atom is -0.392 e. The van der Waals surface area contributed by atoms with E-state index >= 15 is 0 Å². The summed E-state index contributed by atoms with van der Waals surface area (Å²) in [6.45, 7) is 3.51. The van der Waals surface area contributed by atoms with Crippen molar-refractivity contribution in [3.8, 4) is 0 Å². The zero-order valence-corrected chi connectivity index (χ0v) is 11.1. The first kappa shape index (κ1) is 12.8. The van der Waals surface area contributed by atoms with Crippen LogP contribution in [0.1, 0.15) is 13.8 Å². The van der Waals surface area contributed by atoms with Gasteiger partial charge in [0.15, 0.2) is 5.79 Å². The third-order valence-corrected chi connectivity index (χ3v) is 2.40. The summed E-state index contributed by atoms with van der Waals surface area (Å²) in [6, 6.07) is 0. The molecule has 3 atom stereocenters. The van der Waals surface area contributed by atoms with Gasteiger partial charge in [0.05, 0.1) is 6.61 Å². The van der Waals surface area contributed by atoms with Crippen LogP contribution in [0, 0.1) is 0 Å². The van der Waals surface area contributed by atoms with Gasteiger partial charge in [-0.25, -0.2) is 0 Å². The van der Waals surface area contributed by atoms with Crippen LogP contribution in [-0.4, -0.2) is 40.9 Å². The Bertz CT molecular complexity index is 251. The Labute approximate surface area is 108 Å². The standard InChI is InChI=1S/C9H14O4.Y/c1-9(2)12-7-5(4-10)3-6(11)8(7)13-9;/h3,6-8,10-11H,4H2,1-2H3;/t6-,7+,8-;/m0./s1. The quantitative estimate of drug-likeness (QED) is 0.651. The molecule has 0 aromatic heterocycles. The molecule has 0 spiro atoms. The summed E-state index contributed by atoms with van der Waals surface area (Å²) in [7, 11) is 0. The van der Waals surface area contributed by atoms with Crippen molar-refractivity contribution in [2.75, 3.05) is 6.61 Å². The first-order valence-corrected chi connectivity index (χ1v) is 4.38. The molecule has 77 valence electrons. The molecule has 14 heavy (non-hydrogen) atoms. The van der Waals surface area contributed by atoms with E-state index in [2.05, 4.69) is 0 Å². The number of rotatable bonds is 1. The van der Waals surface area contributed by atoms with E-state index in [-0.39, 0.29) is 51.5 Å². The molecule has 1 aliphatic carbocycles. The van der Waals surface area contributed by atoms with E-state index in [4.69, 9.17) is 14.6 Å². The largest absolute Gasteiger partial charge is 0.392 e. The maximum atomic E-state index is 9.54. The Morgan fingerprint density at radius 2 is 2.07 bits per heavy atom. The van der Waals surface area contributed by atoms with Crippen LogP contribution in [0.4, 0.5) is 0 Å². The number of ether oxygens (including phenoxy) is 2. The summed E-state index contributed by atoms with van der Waals surface area (Å²) in [5, 5.41) is 18.5. The summed E-state index contributed by atoms with van der Waals surface area (Å²) in [4.78, 5) is 0. The van der Waals surface area contributed by atoms with Crippen LogP contribution in [0.5, 0.6) is 0 Å². The minimum atomic E-state index is -0.662. The van der Waals surface area contributed by atoms with Crippen LogP contribution in [-0.2, 0) is 42.2 Å². The average Bonchev–Trinajstić information content (AvgIpc) is 2.47. The van der Waals surface area contributed by atoms with Gasteiger partial charge in [-0.15, -0.1) is 0 Å². The zero-order valence-electron chi connectivity index (χ0n) is 8.30. The first-order chi connectivity index (χ1) is 6.03. The maximum absolute atomic E-state index is 9.54. The monoisotopic (exact) mass is 275 g/mol. The topological polar surface area (TPSA) is 58.9 Å². The van der Waals surface area contributed by atoms with Crippen LogP contribution >= 0.6 is 0 Å². The normalized spacial score (nSPS) is 38.9. The molecular formula is C9H14O4Y. The Balaban J connectivity index is 0.000000980. The minimum absolute atomic E-state index is 0. The van der Waals surface area contributed by atoms with Crippen LogP contribution in [0.15, 0.2) is 11.6 Å². The molecule has 1 aliphatic heterocycles. The summed E-state index contributed by atoms with van der Waals surface area (Å²) < 4.78 is 11.0. The molecule has 0 aromatic rings. The molecule has 0 unspecified atom stereocenters. The van der Waals surface area contributed by atoms with Crippen molar-refractivity contribution >= 4 is 0 Å². The number of aliphatic hydroxyl groups excluding tert-OH is 2. The van der Waals surface area contributed by atoms with Crippen molar-refractivity contribution in [2.24, 2.45) is 0 Å². The van der Waals surface area contributed by atoms with Gasteiger partial charge in [-0.3, -0.25) is 0 Å². The molecule has 1 radical (unpaired) electrons. The molecule has 1 fully saturated rings. The van der Waals surface area contributed by atoms with Gasteiger partial charge in [0.2, 0.25) is 0 Å². The fourth-order valence-electron chi connectivity index (χ4n) is 1.88. The second-order valence-corrected chi connectivity index (χ2v) is 3.91. The molecular weight excluding hydrogens is 261 g/mol. The molecule has 4 nitrogen and oxygen atoms in total. The van der Waals surface area contributed by atoms with Gasteiger partial charge in [-0.05, 0) is 25.5 Å². The van der Waals surface area contributed by atoms with Crippen molar-refractivity contribution in [1.29, 1.82) is 0 Å². The van der Waals surface area contributed by atoms with Crippen molar-refractivity contribution in [1.82, 2.24) is 0 Å². The number of fused-ring (bicyclic) bond motifs is 1. The molecule has 0 aromatic carbocycles. The molecule has 5 heteroatoms. The first-order valence-electron chi connectivity index (χ1n) is 4.38. The number of aliphatic hydroxyl groups is 2. The van der Waals surface area contributed by atoms with Gasteiger partial charge in [-0.1, -0.05) is 0 Å². The Hall–Kier alpha value is 0.684. The molecule has 0 amide bonds. The second kappa shape index (κ2) is 4.28. The van der Waals surface area contributed by atoms with Crippen molar-refractivity contribution in [3.05, 3.63) is 11.6 Å². The maximum Gasteiger partial charge on any atom is 0.164 e. The molecule has 1 heterocycles. The van der Waals surface area contributed by atoms with Gasteiger partial charge < -0.3 is 19.7 Å².